The summed E-state index contributed by atoms with van der Waals surface area (Å²) >= 11 is 0. The van der Waals surface area contributed by atoms with Gasteiger partial charge in [0.2, 0.25) is 11.7 Å². The third-order valence-corrected chi connectivity index (χ3v) is 4.29. The van der Waals surface area contributed by atoms with E-state index in [1.807, 2.05) is 54.6 Å². The number of tetrazole rings is 1. The molecule has 2 aromatic carbocycles. The van der Waals surface area contributed by atoms with Gasteiger partial charge in [-0.25, -0.2) is 0 Å². The molecule has 0 unspecified atom stereocenters. The van der Waals surface area contributed by atoms with Crippen LogP contribution < -0.4 is 5.32 Å². The molecule has 0 fully saturated rings. The van der Waals surface area contributed by atoms with Gasteiger partial charge in [-0.05, 0) is 16.3 Å². The van der Waals surface area contributed by atoms with Crippen molar-refractivity contribution < 1.29 is 9.90 Å². The van der Waals surface area contributed by atoms with Crippen molar-refractivity contribution in [3.8, 4) is 11.4 Å². The first-order valence-corrected chi connectivity index (χ1v) is 8.09. The van der Waals surface area contributed by atoms with Crippen LogP contribution in [0.15, 0.2) is 54.6 Å². The maximum Gasteiger partial charge on any atom is 0.244 e. The third-order valence-electron chi connectivity index (χ3n) is 4.29. The second-order valence-corrected chi connectivity index (χ2v) is 6.02. The predicted molar refractivity (Wildman–Crippen MR) is 90.3 cm³/mol. The molecule has 4 rings (SSSR count). The summed E-state index contributed by atoms with van der Waals surface area (Å²) in [5.74, 6) is 0.206. The molecule has 7 nitrogen and oxygen atoms in total. The molecule has 1 aromatic heterocycles. The molecule has 0 bridgehead atoms. The van der Waals surface area contributed by atoms with Crippen LogP contribution in [0.2, 0.25) is 0 Å². The molecule has 0 saturated carbocycles. The van der Waals surface area contributed by atoms with Crippen LogP contribution in [0.1, 0.15) is 17.2 Å². The Morgan fingerprint density at radius 2 is 1.92 bits per heavy atom. The Morgan fingerprint density at radius 1 is 1.16 bits per heavy atom. The minimum atomic E-state index is -0.620. The Balaban J connectivity index is 1.44. The van der Waals surface area contributed by atoms with E-state index >= 15 is 0 Å². The maximum absolute atomic E-state index is 12.3. The van der Waals surface area contributed by atoms with Crippen molar-refractivity contribution in [3.05, 3.63) is 65.7 Å². The average Bonchev–Trinajstić information content (AvgIpc) is 3.21. The summed E-state index contributed by atoms with van der Waals surface area (Å²) in [5.41, 5.74) is 2.86. The Morgan fingerprint density at radius 3 is 2.76 bits per heavy atom. The van der Waals surface area contributed by atoms with Gasteiger partial charge in [-0.1, -0.05) is 54.6 Å². The lowest BCUT2D eigenvalue weighted by Crippen LogP contribution is -2.36. The standard InChI is InChI=1S/C18H17N5O2/c24-15-10-13-8-4-5-9-14(13)17(15)19-16(25)11-23-21-18(20-22-23)12-6-2-1-3-7-12/h1-9,15,17,24H,10-11H2,(H,19,25)/t15-,17+/m1/s1. The molecular formula is C18H17N5O2. The largest absolute Gasteiger partial charge is 0.390 e. The number of aliphatic hydroxyl groups is 1. The number of hydrogen-bond donors (Lipinski definition) is 2. The van der Waals surface area contributed by atoms with Crippen molar-refractivity contribution in [2.75, 3.05) is 0 Å². The lowest BCUT2D eigenvalue weighted by Gasteiger charge is -2.17. The predicted octanol–water partition coefficient (Wildman–Crippen LogP) is 1.11. The number of aliphatic hydroxyl groups excluding tert-OH is 1. The van der Waals surface area contributed by atoms with E-state index in [1.165, 1.54) is 4.80 Å². The van der Waals surface area contributed by atoms with Crippen LogP contribution in [0.5, 0.6) is 0 Å². The molecule has 1 amide bonds. The fourth-order valence-electron chi connectivity index (χ4n) is 3.11. The minimum Gasteiger partial charge on any atom is -0.390 e. The van der Waals surface area contributed by atoms with Crippen molar-refractivity contribution >= 4 is 5.91 Å². The molecule has 1 aliphatic carbocycles. The normalized spacial score (nSPS) is 18.8. The van der Waals surface area contributed by atoms with Crippen LogP contribution in [-0.4, -0.2) is 37.3 Å². The number of fused-ring (bicyclic) bond motifs is 1. The van der Waals surface area contributed by atoms with Crippen LogP contribution in [0.3, 0.4) is 0 Å². The number of carbonyl (C=O) groups excluding carboxylic acids is 1. The molecular weight excluding hydrogens is 318 g/mol. The van der Waals surface area contributed by atoms with Gasteiger partial charge in [0.15, 0.2) is 0 Å². The van der Waals surface area contributed by atoms with E-state index in [9.17, 15) is 9.90 Å². The van der Waals surface area contributed by atoms with Crippen molar-refractivity contribution in [2.24, 2.45) is 0 Å². The molecule has 1 heterocycles. The van der Waals surface area contributed by atoms with Crippen LogP contribution in [0.25, 0.3) is 11.4 Å². The van der Waals surface area contributed by atoms with Crippen LogP contribution in [0.4, 0.5) is 0 Å². The highest BCUT2D eigenvalue weighted by Gasteiger charge is 2.31. The fraction of sp³-hybridized carbons (Fsp3) is 0.222. The SMILES string of the molecule is O=C(Cn1nnc(-c2ccccc2)n1)N[C@H]1c2ccccc2C[C@H]1O. The highest BCUT2D eigenvalue weighted by molar-refractivity contribution is 5.76. The van der Waals surface area contributed by atoms with E-state index < -0.39 is 12.1 Å². The number of hydrogen-bond acceptors (Lipinski definition) is 5. The second kappa shape index (κ2) is 6.45. The van der Waals surface area contributed by atoms with Gasteiger partial charge in [-0.3, -0.25) is 4.79 Å². The number of nitrogens with one attached hydrogen (secondary N) is 1. The maximum atomic E-state index is 12.3. The number of nitrogens with zero attached hydrogens (tertiary/aromatic N) is 4. The van der Waals surface area contributed by atoms with Crippen LogP contribution >= 0.6 is 0 Å². The van der Waals surface area contributed by atoms with Crippen LogP contribution in [0, 0.1) is 0 Å². The lowest BCUT2D eigenvalue weighted by molar-refractivity contribution is -0.123. The first-order chi connectivity index (χ1) is 12.2. The van der Waals surface area contributed by atoms with Gasteiger partial charge >= 0.3 is 0 Å². The number of amides is 1. The zero-order valence-corrected chi connectivity index (χ0v) is 13.4. The monoisotopic (exact) mass is 335 g/mol. The quantitative estimate of drug-likeness (QED) is 0.745. The second-order valence-electron chi connectivity index (χ2n) is 6.02. The first kappa shape index (κ1) is 15.5. The van der Waals surface area contributed by atoms with E-state index in [1.54, 1.807) is 0 Å². The van der Waals surface area contributed by atoms with Gasteiger partial charge in [0.1, 0.15) is 6.54 Å². The summed E-state index contributed by atoms with van der Waals surface area (Å²) in [6.07, 6.45) is -0.0779. The van der Waals surface area contributed by atoms with Gasteiger partial charge in [0, 0.05) is 12.0 Å². The van der Waals surface area contributed by atoms with Gasteiger partial charge in [0.05, 0.1) is 12.1 Å². The summed E-state index contributed by atoms with van der Waals surface area (Å²) in [6.45, 7) is -0.0504. The van der Waals surface area contributed by atoms with E-state index in [4.69, 9.17) is 0 Å². The molecule has 3 aromatic rings. The van der Waals surface area contributed by atoms with Crippen molar-refractivity contribution in [3.63, 3.8) is 0 Å². The van der Waals surface area contributed by atoms with Crippen molar-refractivity contribution in [2.45, 2.75) is 25.1 Å². The summed E-state index contributed by atoms with van der Waals surface area (Å²) in [4.78, 5) is 13.6. The Bertz CT molecular complexity index is 893. The Hall–Kier alpha value is -3.06. The number of rotatable bonds is 4. The number of benzene rings is 2. The topological polar surface area (TPSA) is 92.9 Å². The third kappa shape index (κ3) is 3.14. The van der Waals surface area contributed by atoms with Gasteiger partial charge in [0.25, 0.3) is 0 Å². The van der Waals surface area contributed by atoms with Crippen molar-refractivity contribution in [1.82, 2.24) is 25.5 Å². The molecule has 0 aliphatic heterocycles. The molecule has 7 heteroatoms. The lowest BCUT2D eigenvalue weighted by atomic mass is 10.1. The summed E-state index contributed by atoms with van der Waals surface area (Å²) in [7, 11) is 0. The van der Waals surface area contributed by atoms with Crippen molar-refractivity contribution in [1.29, 1.82) is 0 Å². The molecule has 0 spiro atoms. The molecule has 2 N–H and O–H groups in total. The zero-order chi connectivity index (χ0) is 17.2. The Labute approximate surface area is 144 Å². The van der Waals surface area contributed by atoms with E-state index in [2.05, 4.69) is 20.7 Å². The minimum absolute atomic E-state index is 0.0504. The van der Waals surface area contributed by atoms with Gasteiger partial charge in [-0.15, -0.1) is 10.2 Å². The summed E-state index contributed by atoms with van der Waals surface area (Å²) in [6, 6.07) is 16.8. The van der Waals surface area contributed by atoms with Crippen LogP contribution in [-0.2, 0) is 17.8 Å². The summed E-state index contributed by atoms with van der Waals surface area (Å²) < 4.78 is 0. The van der Waals surface area contributed by atoms with Gasteiger partial charge < -0.3 is 10.4 Å². The molecule has 25 heavy (non-hydrogen) atoms. The van der Waals surface area contributed by atoms with Gasteiger partial charge in [-0.2, -0.15) is 4.80 Å². The fourth-order valence-corrected chi connectivity index (χ4v) is 3.11. The van der Waals surface area contributed by atoms with E-state index in [0.717, 1.165) is 16.7 Å². The molecule has 126 valence electrons. The highest BCUT2D eigenvalue weighted by atomic mass is 16.3. The summed E-state index contributed by atoms with van der Waals surface area (Å²) in [5, 5.41) is 25.2. The molecule has 2 atom stereocenters. The average molecular weight is 335 g/mol. The zero-order valence-electron chi connectivity index (χ0n) is 13.4. The Kier molecular flexibility index (Phi) is 3.99. The number of carbonyl (C=O) groups is 1. The molecule has 1 aliphatic rings. The first-order valence-electron chi connectivity index (χ1n) is 8.09. The van der Waals surface area contributed by atoms with E-state index in [0.29, 0.717) is 12.2 Å². The molecule has 0 saturated heterocycles. The number of aromatic nitrogens is 4. The molecule has 0 radical (unpaired) electrons. The van der Waals surface area contributed by atoms with E-state index in [-0.39, 0.29) is 12.5 Å². The highest BCUT2D eigenvalue weighted by Crippen LogP contribution is 2.31. The smallest absolute Gasteiger partial charge is 0.244 e.